The van der Waals surface area contributed by atoms with Crippen molar-refractivity contribution in [1.29, 1.82) is 0 Å². The average Bonchev–Trinajstić information content (AvgIpc) is 2.92. The van der Waals surface area contributed by atoms with Crippen molar-refractivity contribution in [2.45, 2.75) is 26.1 Å². The van der Waals surface area contributed by atoms with E-state index in [0.29, 0.717) is 24.5 Å². The number of benzene rings is 1. The number of morpholine rings is 1. The molecule has 2 atom stereocenters. The fraction of sp³-hybridized carbons (Fsp3) is 0.467. The van der Waals surface area contributed by atoms with Gasteiger partial charge in [0.05, 0.1) is 12.2 Å². The van der Waals surface area contributed by atoms with Gasteiger partial charge in [-0.1, -0.05) is 12.1 Å². The van der Waals surface area contributed by atoms with Crippen LogP contribution in [0.4, 0.5) is 0 Å². The van der Waals surface area contributed by atoms with Gasteiger partial charge in [-0.05, 0) is 36.4 Å². The second-order valence-corrected chi connectivity index (χ2v) is 5.67. The SMILES string of the molecule is C[C@@H]1CN(C(=O)c2ccc(-c3nnnn3C)cc2)C[C@@H](C)O1. The molecule has 1 saturated heterocycles. The van der Waals surface area contributed by atoms with Crippen LogP contribution in [-0.4, -0.2) is 56.3 Å². The minimum atomic E-state index is 0.0321. The van der Waals surface area contributed by atoms with E-state index in [1.54, 1.807) is 11.7 Å². The Labute approximate surface area is 128 Å². The molecular formula is C15H19N5O2. The Balaban J connectivity index is 1.78. The molecule has 1 aromatic heterocycles. The van der Waals surface area contributed by atoms with Crippen LogP contribution in [-0.2, 0) is 11.8 Å². The van der Waals surface area contributed by atoms with Gasteiger partial charge in [-0.15, -0.1) is 5.10 Å². The van der Waals surface area contributed by atoms with Crippen molar-refractivity contribution < 1.29 is 9.53 Å². The summed E-state index contributed by atoms with van der Waals surface area (Å²) in [6.45, 7) is 5.22. The number of rotatable bonds is 2. The summed E-state index contributed by atoms with van der Waals surface area (Å²) in [6, 6.07) is 7.37. The monoisotopic (exact) mass is 301 g/mol. The van der Waals surface area contributed by atoms with E-state index in [1.807, 2.05) is 43.0 Å². The van der Waals surface area contributed by atoms with E-state index in [2.05, 4.69) is 15.5 Å². The van der Waals surface area contributed by atoms with Crippen LogP contribution in [0.3, 0.4) is 0 Å². The molecule has 0 bridgehead atoms. The highest BCUT2D eigenvalue weighted by molar-refractivity contribution is 5.94. The number of ether oxygens (including phenoxy) is 1. The van der Waals surface area contributed by atoms with Crippen LogP contribution in [0.5, 0.6) is 0 Å². The van der Waals surface area contributed by atoms with E-state index in [1.165, 1.54) is 0 Å². The Hall–Kier alpha value is -2.28. The molecule has 7 heteroatoms. The third-order valence-electron chi connectivity index (χ3n) is 3.72. The minimum Gasteiger partial charge on any atom is -0.372 e. The Morgan fingerprint density at radius 2 is 1.82 bits per heavy atom. The zero-order chi connectivity index (χ0) is 15.7. The van der Waals surface area contributed by atoms with Gasteiger partial charge in [-0.25, -0.2) is 4.68 Å². The number of aryl methyl sites for hydroxylation is 1. The summed E-state index contributed by atoms with van der Waals surface area (Å²) in [5, 5.41) is 11.4. The largest absolute Gasteiger partial charge is 0.372 e. The first-order valence-electron chi connectivity index (χ1n) is 7.32. The van der Waals surface area contributed by atoms with Crippen LogP contribution in [0, 0.1) is 0 Å². The van der Waals surface area contributed by atoms with Crippen molar-refractivity contribution in [1.82, 2.24) is 25.1 Å². The molecule has 0 spiro atoms. The number of carbonyl (C=O) groups is 1. The lowest BCUT2D eigenvalue weighted by Gasteiger charge is -2.35. The molecule has 1 aliphatic heterocycles. The molecule has 7 nitrogen and oxygen atoms in total. The maximum Gasteiger partial charge on any atom is 0.254 e. The molecule has 2 aromatic rings. The zero-order valence-corrected chi connectivity index (χ0v) is 12.9. The molecule has 0 saturated carbocycles. The highest BCUT2D eigenvalue weighted by Crippen LogP contribution is 2.18. The van der Waals surface area contributed by atoms with E-state index in [4.69, 9.17) is 4.74 Å². The highest BCUT2D eigenvalue weighted by atomic mass is 16.5. The molecule has 1 aromatic carbocycles. The molecule has 1 amide bonds. The lowest BCUT2D eigenvalue weighted by Crippen LogP contribution is -2.48. The maximum atomic E-state index is 12.6. The van der Waals surface area contributed by atoms with Crippen LogP contribution >= 0.6 is 0 Å². The molecule has 22 heavy (non-hydrogen) atoms. The number of nitrogens with zero attached hydrogens (tertiary/aromatic N) is 5. The number of aromatic nitrogens is 4. The predicted octanol–water partition coefficient (Wildman–Crippen LogP) is 1.13. The van der Waals surface area contributed by atoms with E-state index in [0.717, 1.165) is 5.56 Å². The van der Waals surface area contributed by atoms with Crippen molar-refractivity contribution in [3.05, 3.63) is 29.8 Å². The highest BCUT2D eigenvalue weighted by Gasteiger charge is 2.26. The summed E-state index contributed by atoms with van der Waals surface area (Å²) in [4.78, 5) is 14.4. The molecule has 3 rings (SSSR count). The van der Waals surface area contributed by atoms with Gasteiger partial charge >= 0.3 is 0 Å². The number of hydrogen-bond acceptors (Lipinski definition) is 5. The zero-order valence-electron chi connectivity index (χ0n) is 12.9. The first-order valence-corrected chi connectivity index (χ1v) is 7.32. The predicted molar refractivity (Wildman–Crippen MR) is 80.1 cm³/mol. The van der Waals surface area contributed by atoms with Gasteiger partial charge in [0.15, 0.2) is 5.82 Å². The van der Waals surface area contributed by atoms with Crippen molar-refractivity contribution >= 4 is 5.91 Å². The number of carbonyl (C=O) groups excluding carboxylic acids is 1. The van der Waals surface area contributed by atoms with Gasteiger partial charge < -0.3 is 9.64 Å². The van der Waals surface area contributed by atoms with Gasteiger partial charge in [0.25, 0.3) is 5.91 Å². The van der Waals surface area contributed by atoms with Gasteiger partial charge in [0, 0.05) is 31.3 Å². The third-order valence-corrected chi connectivity index (χ3v) is 3.72. The standard InChI is InChI=1S/C15H19N5O2/c1-10-8-20(9-11(2)22-10)15(21)13-6-4-12(5-7-13)14-16-17-18-19(14)3/h4-7,10-11H,8-9H2,1-3H3/t10-,11-/m1/s1. The van der Waals surface area contributed by atoms with Crippen LogP contribution in [0.1, 0.15) is 24.2 Å². The van der Waals surface area contributed by atoms with Crippen molar-refractivity contribution in [2.75, 3.05) is 13.1 Å². The Kier molecular flexibility index (Phi) is 3.89. The lowest BCUT2D eigenvalue weighted by atomic mass is 10.1. The first-order chi connectivity index (χ1) is 10.5. The second-order valence-electron chi connectivity index (χ2n) is 5.67. The molecule has 1 aliphatic rings. The molecule has 2 heterocycles. The summed E-state index contributed by atoms with van der Waals surface area (Å²) in [5.41, 5.74) is 1.55. The number of tetrazole rings is 1. The maximum absolute atomic E-state index is 12.6. The van der Waals surface area contributed by atoms with Crippen LogP contribution in [0.25, 0.3) is 11.4 Å². The van der Waals surface area contributed by atoms with E-state index in [9.17, 15) is 4.79 Å². The Morgan fingerprint density at radius 3 is 2.36 bits per heavy atom. The summed E-state index contributed by atoms with van der Waals surface area (Å²) < 4.78 is 7.26. The molecule has 1 fully saturated rings. The minimum absolute atomic E-state index is 0.0321. The van der Waals surface area contributed by atoms with Crippen LogP contribution in [0.15, 0.2) is 24.3 Å². The topological polar surface area (TPSA) is 73.1 Å². The van der Waals surface area contributed by atoms with Gasteiger partial charge in [0.2, 0.25) is 0 Å². The summed E-state index contributed by atoms with van der Waals surface area (Å²) in [7, 11) is 1.78. The fourth-order valence-corrected chi connectivity index (χ4v) is 2.76. The quantitative estimate of drug-likeness (QED) is 0.831. The molecule has 0 N–H and O–H groups in total. The second kappa shape index (κ2) is 5.84. The normalized spacial score (nSPS) is 21.9. The van der Waals surface area contributed by atoms with Crippen LogP contribution < -0.4 is 0 Å². The van der Waals surface area contributed by atoms with E-state index >= 15 is 0 Å². The summed E-state index contributed by atoms with van der Waals surface area (Å²) >= 11 is 0. The lowest BCUT2D eigenvalue weighted by molar-refractivity contribution is -0.0586. The molecule has 0 aliphatic carbocycles. The molecular weight excluding hydrogens is 282 g/mol. The smallest absolute Gasteiger partial charge is 0.254 e. The van der Waals surface area contributed by atoms with E-state index < -0.39 is 0 Å². The first kappa shape index (κ1) is 14.6. The van der Waals surface area contributed by atoms with Crippen LogP contribution in [0.2, 0.25) is 0 Å². The van der Waals surface area contributed by atoms with E-state index in [-0.39, 0.29) is 18.1 Å². The van der Waals surface area contributed by atoms with Gasteiger partial charge in [0.1, 0.15) is 0 Å². The summed E-state index contributed by atoms with van der Waals surface area (Å²) in [6.07, 6.45) is 0.133. The van der Waals surface area contributed by atoms with Crippen molar-refractivity contribution in [3.8, 4) is 11.4 Å². The number of amides is 1. The fourth-order valence-electron chi connectivity index (χ4n) is 2.76. The van der Waals surface area contributed by atoms with Crippen molar-refractivity contribution in [2.24, 2.45) is 7.05 Å². The van der Waals surface area contributed by atoms with Gasteiger partial charge in [-0.2, -0.15) is 0 Å². The summed E-state index contributed by atoms with van der Waals surface area (Å²) in [5.74, 6) is 0.706. The van der Waals surface area contributed by atoms with Gasteiger partial charge in [-0.3, -0.25) is 4.79 Å². The van der Waals surface area contributed by atoms with Crippen molar-refractivity contribution in [3.63, 3.8) is 0 Å². The molecule has 116 valence electrons. The Morgan fingerprint density at radius 1 is 1.18 bits per heavy atom. The number of hydrogen-bond donors (Lipinski definition) is 0. The third kappa shape index (κ3) is 2.85. The average molecular weight is 301 g/mol. The molecule has 0 radical (unpaired) electrons. The molecule has 0 unspecified atom stereocenters. The Bertz CT molecular complexity index is 657.